The zero-order valence-electron chi connectivity index (χ0n) is 15.8. The molecule has 0 bridgehead atoms. The van der Waals surface area contributed by atoms with E-state index in [1.54, 1.807) is 24.3 Å². The van der Waals surface area contributed by atoms with E-state index in [1.807, 2.05) is 0 Å². The summed E-state index contributed by atoms with van der Waals surface area (Å²) in [5.74, 6) is 0.404. The van der Waals surface area contributed by atoms with Gasteiger partial charge in [-0.2, -0.15) is 18.2 Å². The van der Waals surface area contributed by atoms with Gasteiger partial charge < -0.3 is 15.4 Å². The van der Waals surface area contributed by atoms with Crippen molar-refractivity contribution < 1.29 is 22.8 Å². The van der Waals surface area contributed by atoms with E-state index in [0.717, 1.165) is 12.1 Å². The fourth-order valence-corrected chi connectivity index (χ4v) is 2.64. The Kier molecular flexibility index (Phi) is 5.72. The molecule has 0 amide bonds. The van der Waals surface area contributed by atoms with E-state index < -0.39 is 16.7 Å². The zero-order valence-corrected chi connectivity index (χ0v) is 15.8. The van der Waals surface area contributed by atoms with Gasteiger partial charge in [0.05, 0.1) is 17.6 Å². The van der Waals surface area contributed by atoms with Crippen molar-refractivity contribution in [1.29, 1.82) is 0 Å². The van der Waals surface area contributed by atoms with E-state index in [4.69, 9.17) is 4.74 Å². The number of ether oxygens (including phenoxy) is 1. The molecule has 1 aromatic heterocycles. The first-order chi connectivity index (χ1) is 14.2. The standard InChI is InChI=1S/C19H16F3N5O3/c1-11-16(27(28)29)17(24-13-6-8-15(30-2)9-7-13)26-18(23-11)25-14-5-3-4-12(10-14)19(20,21)22/h3-10H,1-2H3,(H2,23,24,25,26). The van der Waals surface area contributed by atoms with Gasteiger partial charge in [-0.05, 0) is 49.4 Å². The molecule has 0 saturated heterocycles. The molecule has 0 aliphatic rings. The number of anilines is 4. The SMILES string of the molecule is COc1ccc(Nc2nc(Nc3cccc(C(F)(F)F)c3)nc(C)c2[N+](=O)[O-])cc1. The molecule has 2 N–H and O–H groups in total. The number of alkyl halides is 3. The van der Waals surface area contributed by atoms with Gasteiger partial charge in [-0.3, -0.25) is 10.1 Å². The third-order valence-electron chi connectivity index (χ3n) is 4.04. The fraction of sp³-hybridized carbons (Fsp3) is 0.158. The minimum atomic E-state index is -4.51. The van der Waals surface area contributed by atoms with Crippen LogP contribution in [0.5, 0.6) is 5.75 Å². The molecule has 3 rings (SSSR count). The highest BCUT2D eigenvalue weighted by molar-refractivity contribution is 5.69. The first-order valence-electron chi connectivity index (χ1n) is 8.56. The van der Waals surface area contributed by atoms with E-state index in [0.29, 0.717) is 11.4 Å². The highest BCUT2D eigenvalue weighted by Gasteiger charge is 2.30. The third-order valence-corrected chi connectivity index (χ3v) is 4.04. The van der Waals surface area contributed by atoms with Crippen LogP contribution in [-0.4, -0.2) is 22.0 Å². The average Bonchev–Trinajstić information content (AvgIpc) is 2.67. The van der Waals surface area contributed by atoms with Crippen molar-refractivity contribution in [2.75, 3.05) is 17.7 Å². The van der Waals surface area contributed by atoms with Gasteiger partial charge in [0.2, 0.25) is 11.8 Å². The Labute approximate surface area is 168 Å². The molecule has 0 aliphatic carbocycles. The maximum atomic E-state index is 12.9. The first kappa shape index (κ1) is 20.8. The fourth-order valence-electron chi connectivity index (χ4n) is 2.64. The second-order valence-electron chi connectivity index (χ2n) is 6.14. The summed E-state index contributed by atoms with van der Waals surface area (Å²) in [7, 11) is 1.51. The quantitative estimate of drug-likeness (QED) is 0.418. The van der Waals surface area contributed by atoms with Gasteiger partial charge in [-0.15, -0.1) is 0 Å². The minimum Gasteiger partial charge on any atom is -0.497 e. The van der Waals surface area contributed by atoms with Gasteiger partial charge in [0.1, 0.15) is 11.4 Å². The van der Waals surface area contributed by atoms with Crippen LogP contribution in [0.25, 0.3) is 0 Å². The topological polar surface area (TPSA) is 102 Å². The van der Waals surface area contributed by atoms with Crippen molar-refractivity contribution in [1.82, 2.24) is 9.97 Å². The van der Waals surface area contributed by atoms with Crippen molar-refractivity contribution in [3.8, 4) is 5.75 Å². The summed E-state index contributed by atoms with van der Waals surface area (Å²) in [5, 5.41) is 17.0. The summed E-state index contributed by atoms with van der Waals surface area (Å²) in [5.41, 5.74) is -0.556. The number of nitrogens with zero attached hydrogens (tertiary/aromatic N) is 3. The Morgan fingerprint density at radius 3 is 2.33 bits per heavy atom. The lowest BCUT2D eigenvalue weighted by atomic mass is 10.2. The molecule has 0 saturated carbocycles. The summed E-state index contributed by atoms with van der Waals surface area (Å²) in [4.78, 5) is 18.9. The molecule has 11 heteroatoms. The molecule has 3 aromatic rings. The van der Waals surface area contributed by atoms with E-state index in [-0.39, 0.29) is 28.8 Å². The van der Waals surface area contributed by atoms with Gasteiger partial charge in [0.25, 0.3) is 0 Å². The van der Waals surface area contributed by atoms with Crippen molar-refractivity contribution in [2.45, 2.75) is 13.1 Å². The van der Waals surface area contributed by atoms with Crippen molar-refractivity contribution in [2.24, 2.45) is 0 Å². The normalized spacial score (nSPS) is 11.1. The molecule has 0 unspecified atom stereocenters. The van der Waals surface area contributed by atoms with Crippen LogP contribution in [-0.2, 0) is 6.18 Å². The molecule has 156 valence electrons. The van der Waals surface area contributed by atoms with Crippen LogP contribution in [0.4, 0.5) is 42.0 Å². The summed E-state index contributed by atoms with van der Waals surface area (Å²) < 4.78 is 43.8. The van der Waals surface area contributed by atoms with Crippen LogP contribution in [0.3, 0.4) is 0 Å². The number of nitrogens with one attached hydrogen (secondary N) is 2. The molecule has 0 radical (unpaired) electrons. The van der Waals surface area contributed by atoms with Crippen LogP contribution in [0.1, 0.15) is 11.3 Å². The van der Waals surface area contributed by atoms with Gasteiger partial charge in [0.15, 0.2) is 0 Å². The number of hydrogen-bond donors (Lipinski definition) is 2. The predicted octanol–water partition coefficient (Wildman–Crippen LogP) is 5.21. The van der Waals surface area contributed by atoms with Crippen molar-refractivity contribution >= 4 is 28.8 Å². The summed E-state index contributed by atoms with van der Waals surface area (Å²) in [6, 6.07) is 11.1. The van der Waals surface area contributed by atoms with Gasteiger partial charge in [-0.25, -0.2) is 4.98 Å². The average molecular weight is 419 g/mol. The number of hydrogen-bond acceptors (Lipinski definition) is 7. The lowest BCUT2D eigenvalue weighted by Crippen LogP contribution is -2.08. The Hall–Kier alpha value is -3.89. The maximum Gasteiger partial charge on any atom is 0.416 e. The number of halogens is 3. The molecule has 8 nitrogen and oxygen atoms in total. The highest BCUT2D eigenvalue weighted by Crippen LogP contribution is 2.33. The Morgan fingerprint density at radius 2 is 1.73 bits per heavy atom. The van der Waals surface area contributed by atoms with E-state index >= 15 is 0 Å². The number of benzene rings is 2. The largest absolute Gasteiger partial charge is 0.497 e. The number of aryl methyl sites for hydroxylation is 1. The van der Waals surface area contributed by atoms with E-state index in [1.165, 1.54) is 26.2 Å². The number of rotatable bonds is 6. The molecule has 0 spiro atoms. The number of nitro groups is 1. The van der Waals surface area contributed by atoms with Crippen LogP contribution in [0, 0.1) is 17.0 Å². The van der Waals surface area contributed by atoms with Gasteiger partial charge >= 0.3 is 11.9 Å². The lowest BCUT2D eigenvalue weighted by Gasteiger charge is -2.12. The minimum absolute atomic E-state index is 0.0421. The number of methoxy groups -OCH3 is 1. The lowest BCUT2D eigenvalue weighted by molar-refractivity contribution is -0.385. The third kappa shape index (κ3) is 4.74. The van der Waals surface area contributed by atoms with E-state index in [9.17, 15) is 23.3 Å². The molecule has 1 heterocycles. The van der Waals surface area contributed by atoms with Crippen molar-refractivity contribution in [3.63, 3.8) is 0 Å². The van der Waals surface area contributed by atoms with Gasteiger partial charge in [0, 0.05) is 11.4 Å². The van der Waals surface area contributed by atoms with Crippen LogP contribution in [0.15, 0.2) is 48.5 Å². The van der Waals surface area contributed by atoms with Crippen LogP contribution >= 0.6 is 0 Å². The molecule has 2 aromatic carbocycles. The van der Waals surface area contributed by atoms with Crippen LogP contribution in [0.2, 0.25) is 0 Å². The molecule has 30 heavy (non-hydrogen) atoms. The van der Waals surface area contributed by atoms with Gasteiger partial charge in [-0.1, -0.05) is 6.07 Å². The molecule has 0 aliphatic heterocycles. The Bertz CT molecular complexity index is 1070. The second kappa shape index (κ2) is 8.23. The van der Waals surface area contributed by atoms with E-state index in [2.05, 4.69) is 20.6 Å². The molecular formula is C19H16F3N5O3. The highest BCUT2D eigenvalue weighted by atomic mass is 19.4. The second-order valence-corrected chi connectivity index (χ2v) is 6.14. The zero-order chi connectivity index (χ0) is 21.9. The molecule has 0 atom stereocenters. The molecular weight excluding hydrogens is 403 g/mol. The molecule has 0 fully saturated rings. The summed E-state index contributed by atoms with van der Waals surface area (Å²) in [6.45, 7) is 1.41. The van der Waals surface area contributed by atoms with Crippen LogP contribution < -0.4 is 15.4 Å². The smallest absolute Gasteiger partial charge is 0.416 e. The summed E-state index contributed by atoms with van der Waals surface area (Å²) >= 11 is 0. The van der Waals surface area contributed by atoms with Crippen molar-refractivity contribution in [3.05, 3.63) is 69.9 Å². The summed E-state index contributed by atoms with van der Waals surface area (Å²) in [6.07, 6.45) is -4.51. The monoisotopic (exact) mass is 419 g/mol. The predicted molar refractivity (Wildman–Crippen MR) is 104 cm³/mol. The number of aromatic nitrogens is 2. The first-order valence-corrected chi connectivity index (χ1v) is 8.56. The maximum absolute atomic E-state index is 12.9. The Balaban J connectivity index is 1.96. The Morgan fingerprint density at radius 1 is 1.03 bits per heavy atom.